The predicted octanol–water partition coefficient (Wildman–Crippen LogP) is 13.3. The maximum absolute atomic E-state index is 5.41. The highest BCUT2D eigenvalue weighted by molar-refractivity contribution is 6.22. The Hall–Kier alpha value is -7.16. The lowest BCUT2D eigenvalue weighted by atomic mass is 9.67. The first-order valence-electron chi connectivity index (χ1n) is 18.9. The van der Waals surface area contributed by atoms with Crippen molar-refractivity contribution in [3.63, 3.8) is 0 Å². The minimum Gasteiger partial charge on any atom is -0.228 e. The molecule has 0 radical (unpaired) electrons. The van der Waals surface area contributed by atoms with Crippen LogP contribution in [0.15, 0.2) is 206 Å². The first-order valence-corrected chi connectivity index (χ1v) is 18.9. The number of fused-ring (bicyclic) bond motifs is 6. The summed E-state index contributed by atoms with van der Waals surface area (Å²) in [6.07, 6.45) is 0. The molecule has 2 heteroatoms. The molecule has 1 aromatic heterocycles. The van der Waals surface area contributed by atoms with Crippen molar-refractivity contribution in [1.82, 2.24) is 9.97 Å². The number of rotatable bonds is 5. The molecule has 0 fully saturated rings. The normalized spacial score (nSPS) is 12.9. The molecule has 0 atom stereocenters. The topological polar surface area (TPSA) is 25.8 Å². The van der Waals surface area contributed by atoms with Crippen LogP contribution in [0.4, 0.5) is 0 Å². The Labute approximate surface area is 320 Å². The third kappa shape index (κ3) is 4.62. The van der Waals surface area contributed by atoms with Gasteiger partial charge in [-0.15, -0.1) is 0 Å². The fraction of sp³-hybridized carbons (Fsp3) is 0.0189. The van der Waals surface area contributed by atoms with Crippen molar-refractivity contribution < 1.29 is 0 Å². The Kier molecular flexibility index (Phi) is 7.11. The number of hydrogen-bond donors (Lipinski definition) is 0. The summed E-state index contributed by atoms with van der Waals surface area (Å²) in [5, 5.41) is 5.66. The zero-order valence-electron chi connectivity index (χ0n) is 30.0. The lowest BCUT2D eigenvalue weighted by molar-refractivity contribution is 0.768. The van der Waals surface area contributed by atoms with Crippen LogP contribution in [0.1, 0.15) is 22.3 Å². The van der Waals surface area contributed by atoms with Crippen LogP contribution in [-0.4, -0.2) is 9.97 Å². The van der Waals surface area contributed by atoms with Crippen LogP contribution < -0.4 is 0 Å². The quantitative estimate of drug-likeness (QED) is 0.167. The Morgan fingerprint density at radius 3 is 1.42 bits per heavy atom. The monoisotopic (exact) mass is 698 g/mol. The van der Waals surface area contributed by atoms with E-state index in [4.69, 9.17) is 9.97 Å². The number of hydrogen-bond acceptors (Lipinski definition) is 2. The maximum Gasteiger partial charge on any atom is 0.161 e. The summed E-state index contributed by atoms with van der Waals surface area (Å²) in [7, 11) is 0. The highest BCUT2D eigenvalue weighted by atomic mass is 14.9. The maximum atomic E-state index is 5.41. The van der Waals surface area contributed by atoms with Gasteiger partial charge in [0.2, 0.25) is 0 Å². The Morgan fingerprint density at radius 1 is 0.309 bits per heavy atom. The first kappa shape index (κ1) is 31.4. The van der Waals surface area contributed by atoms with E-state index in [0.717, 1.165) is 44.3 Å². The van der Waals surface area contributed by atoms with Crippen LogP contribution in [0.5, 0.6) is 0 Å². The number of para-hydroxylation sites is 1. The third-order valence-electron chi connectivity index (χ3n) is 11.6. The molecule has 55 heavy (non-hydrogen) atoms. The molecule has 2 nitrogen and oxygen atoms in total. The van der Waals surface area contributed by atoms with E-state index in [9.17, 15) is 0 Å². The zero-order valence-corrected chi connectivity index (χ0v) is 30.0. The van der Waals surface area contributed by atoms with Crippen molar-refractivity contribution in [3.05, 3.63) is 229 Å². The van der Waals surface area contributed by atoms with Crippen LogP contribution in [0.25, 0.3) is 77.3 Å². The summed E-state index contributed by atoms with van der Waals surface area (Å²) in [4.78, 5) is 10.7. The van der Waals surface area contributed by atoms with Gasteiger partial charge >= 0.3 is 0 Å². The van der Waals surface area contributed by atoms with Crippen molar-refractivity contribution >= 4 is 32.4 Å². The van der Waals surface area contributed by atoms with Gasteiger partial charge in [-0.05, 0) is 72.1 Å². The lowest BCUT2D eigenvalue weighted by Crippen LogP contribution is -2.28. The second-order valence-electron chi connectivity index (χ2n) is 14.4. The second kappa shape index (κ2) is 12.5. The summed E-state index contributed by atoms with van der Waals surface area (Å²) < 4.78 is 0. The molecular formula is C53H34N2. The van der Waals surface area contributed by atoms with Gasteiger partial charge in [0.1, 0.15) is 0 Å². The Balaban J connectivity index is 1.25. The molecule has 0 unspecified atom stereocenters. The van der Waals surface area contributed by atoms with E-state index in [1.807, 2.05) is 0 Å². The summed E-state index contributed by atoms with van der Waals surface area (Å²) in [5.41, 5.74) is 13.6. The Bertz CT molecular complexity index is 2980. The molecule has 1 aliphatic carbocycles. The van der Waals surface area contributed by atoms with Gasteiger partial charge in [0.15, 0.2) is 5.82 Å². The van der Waals surface area contributed by atoms with E-state index < -0.39 is 5.41 Å². The molecule has 0 spiro atoms. The summed E-state index contributed by atoms with van der Waals surface area (Å²) >= 11 is 0. The molecule has 0 amide bonds. The van der Waals surface area contributed by atoms with Crippen LogP contribution in [0.2, 0.25) is 0 Å². The average Bonchev–Trinajstić information content (AvgIpc) is 3.57. The molecular weight excluding hydrogens is 665 g/mol. The van der Waals surface area contributed by atoms with Crippen molar-refractivity contribution in [2.24, 2.45) is 0 Å². The predicted molar refractivity (Wildman–Crippen MR) is 228 cm³/mol. The van der Waals surface area contributed by atoms with E-state index in [1.165, 1.54) is 55.3 Å². The molecule has 0 N–H and O–H groups in total. The van der Waals surface area contributed by atoms with Gasteiger partial charge in [0.25, 0.3) is 0 Å². The van der Waals surface area contributed by atoms with Gasteiger partial charge in [-0.1, -0.05) is 200 Å². The molecule has 0 saturated carbocycles. The van der Waals surface area contributed by atoms with Gasteiger partial charge in [-0.25, -0.2) is 9.97 Å². The zero-order chi connectivity index (χ0) is 36.3. The van der Waals surface area contributed by atoms with E-state index in [2.05, 4.69) is 206 Å². The first-order chi connectivity index (χ1) is 27.3. The highest BCUT2D eigenvalue weighted by Crippen LogP contribution is 2.59. The van der Waals surface area contributed by atoms with Crippen molar-refractivity contribution in [1.29, 1.82) is 0 Å². The van der Waals surface area contributed by atoms with Crippen molar-refractivity contribution in [3.8, 4) is 44.9 Å². The van der Waals surface area contributed by atoms with E-state index >= 15 is 0 Å². The second-order valence-corrected chi connectivity index (χ2v) is 14.4. The fourth-order valence-electron chi connectivity index (χ4n) is 9.37. The fourth-order valence-corrected chi connectivity index (χ4v) is 9.37. The van der Waals surface area contributed by atoms with Gasteiger partial charge in [0, 0.05) is 16.5 Å². The summed E-state index contributed by atoms with van der Waals surface area (Å²) in [6, 6.07) is 74.5. The van der Waals surface area contributed by atoms with Gasteiger partial charge in [-0.3, -0.25) is 0 Å². The van der Waals surface area contributed by atoms with Gasteiger partial charge in [0.05, 0.1) is 16.6 Å². The molecule has 1 heterocycles. The molecule has 0 bridgehead atoms. The minimum absolute atomic E-state index is 0.483. The largest absolute Gasteiger partial charge is 0.228 e. The number of aromatic nitrogens is 2. The van der Waals surface area contributed by atoms with E-state index in [0.29, 0.717) is 0 Å². The van der Waals surface area contributed by atoms with Crippen molar-refractivity contribution in [2.75, 3.05) is 0 Å². The third-order valence-corrected chi connectivity index (χ3v) is 11.6. The highest BCUT2D eigenvalue weighted by Gasteiger charge is 2.46. The van der Waals surface area contributed by atoms with Crippen LogP contribution in [0.3, 0.4) is 0 Å². The molecule has 1 aliphatic rings. The average molecular weight is 699 g/mol. The molecule has 11 rings (SSSR count). The molecule has 256 valence electrons. The summed E-state index contributed by atoms with van der Waals surface area (Å²) in [5.74, 6) is 0.729. The molecule has 0 aliphatic heterocycles. The standard InChI is InChI=1S/C53H34N2/c1-4-19-35(20-5-1)51-43-30-15-17-34-47(43)54-52(55-51)50-40-27-12-10-25-38(40)48(39-26-11-13-28-41(39)50)44-31-18-33-46-49(44)42-29-14-16-32-45(42)53(46,36-21-6-2-7-22-36)37-23-8-3-9-24-37/h1-34H. The van der Waals surface area contributed by atoms with Gasteiger partial charge in [-0.2, -0.15) is 0 Å². The molecule has 9 aromatic carbocycles. The molecule has 0 saturated heterocycles. The van der Waals surface area contributed by atoms with Gasteiger partial charge < -0.3 is 0 Å². The minimum atomic E-state index is -0.483. The SMILES string of the molecule is c1ccc(-c2nc(-c3c4ccccc4c(-c4cccc5c4-c4ccccc4C5(c4ccccc4)c4ccccc4)c4ccccc34)nc3ccccc23)cc1. The smallest absolute Gasteiger partial charge is 0.161 e. The van der Waals surface area contributed by atoms with E-state index in [-0.39, 0.29) is 0 Å². The van der Waals surface area contributed by atoms with E-state index in [1.54, 1.807) is 0 Å². The lowest BCUT2D eigenvalue weighted by Gasteiger charge is -2.34. The molecule has 10 aromatic rings. The van der Waals surface area contributed by atoms with Crippen LogP contribution in [-0.2, 0) is 5.41 Å². The summed E-state index contributed by atoms with van der Waals surface area (Å²) in [6.45, 7) is 0. The Morgan fingerprint density at radius 2 is 0.782 bits per heavy atom. The van der Waals surface area contributed by atoms with Crippen LogP contribution in [0, 0.1) is 0 Å². The van der Waals surface area contributed by atoms with Crippen LogP contribution >= 0.6 is 0 Å². The number of benzene rings is 9. The van der Waals surface area contributed by atoms with Crippen molar-refractivity contribution in [2.45, 2.75) is 5.41 Å². The number of nitrogens with zero attached hydrogens (tertiary/aromatic N) is 2.